The van der Waals surface area contributed by atoms with Crippen LogP contribution in [0.15, 0.2) is 22.7 Å². The van der Waals surface area contributed by atoms with Gasteiger partial charge in [-0.2, -0.15) is 5.26 Å². The molecule has 0 aliphatic carbocycles. The first-order chi connectivity index (χ1) is 8.67. The second-order valence-corrected chi connectivity index (χ2v) is 4.32. The Hall–Kier alpha value is -1.58. The number of nitrogens with zero attached hydrogens (tertiary/aromatic N) is 1. The van der Waals surface area contributed by atoms with E-state index in [2.05, 4.69) is 21.2 Å². The molecule has 1 aromatic carbocycles. The lowest BCUT2D eigenvalue weighted by Crippen LogP contribution is -2.29. The molecule has 6 heteroatoms. The first-order valence-electron chi connectivity index (χ1n) is 5.33. The number of aliphatic hydroxyl groups excluding tert-OH is 1. The van der Waals surface area contributed by atoms with Gasteiger partial charge in [0.1, 0.15) is 5.75 Å². The molecule has 1 aromatic rings. The highest BCUT2D eigenvalue weighted by molar-refractivity contribution is 9.10. The number of hydrogen-bond acceptors (Lipinski definition) is 4. The van der Waals surface area contributed by atoms with E-state index in [1.165, 1.54) is 0 Å². The third-order valence-electron chi connectivity index (χ3n) is 2.10. The molecule has 1 rings (SSSR count). The molecule has 0 aromatic heterocycles. The number of ether oxygens (including phenoxy) is 1. The molecule has 96 valence electrons. The fraction of sp³-hybridized carbons (Fsp3) is 0.333. The van der Waals surface area contributed by atoms with Gasteiger partial charge in [0.2, 0.25) is 0 Å². The zero-order valence-corrected chi connectivity index (χ0v) is 11.2. The Balaban J connectivity index is 2.44. The summed E-state index contributed by atoms with van der Waals surface area (Å²) in [6, 6.07) is 7.05. The second kappa shape index (κ2) is 7.69. The maximum absolute atomic E-state index is 11.3. The Morgan fingerprint density at radius 2 is 2.33 bits per heavy atom. The number of nitriles is 1. The number of aliphatic hydroxyl groups is 1. The van der Waals surface area contributed by atoms with Crippen LogP contribution in [0.25, 0.3) is 0 Å². The van der Waals surface area contributed by atoms with Gasteiger partial charge in [-0.25, -0.2) is 0 Å². The average molecular weight is 313 g/mol. The van der Waals surface area contributed by atoms with Gasteiger partial charge in [-0.05, 0) is 33.6 Å². The molecule has 0 saturated heterocycles. The van der Waals surface area contributed by atoms with Crippen molar-refractivity contribution in [3.8, 4) is 11.8 Å². The minimum Gasteiger partial charge on any atom is -0.483 e. The van der Waals surface area contributed by atoms with E-state index in [0.717, 1.165) is 5.56 Å². The number of carbonyl (C=O) groups is 1. The monoisotopic (exact) mass is 312 g/mol. The summed E-state index contributed by atoms with van der Waals surface area (Å²) in [6.07, 6.45) is 0.278. The van der Waals surface area contributed by atoms with Gasteiger partial charge >= 0.3 is 0 Å². The van der Waals surface area contributed by atoms with Gasteiger partial charge in [0.15, 0.2) is 6.61 Å². The van der Waals surface area contributed by atoms with E-state index in [0.29, 0.717) is 16.8 Å². The molecular weight excluding hydrogens is 300 g/mol. The smallest absolute Gasteiger partial charge is 0.257 e. The molecule has 0 saturated carbocycles. The summed E-state index contributed by atoms with van der Waals surface area (Å²) in [4.78, 5) is 11.3. The van der Waals surface area contributed by atoms with E-state index >= 15 is 0 Å². The van der Waals surface area contributed by atoms with Crippen LogP contribution in [0.1, 0.15) is 12.0 Å². The highest BCUT2D eigenvalue weighted by Gasteiger charge is 2.05. The van der Waals surface area contributed by atoms with Crippen LogP contribution in [-0.2, 0) is 11.4 Å². The molecule has 0 heterocycles. The molecule has 0 aliphatic heterocycles. The van der Waals surface area contributed by atoms with Crippen molar-refractivity contribution in [2.24, 2.45) is 0 Å². The Morgan fingerprint density at radius 1 is 1.56 bits per heavy atom. The average Bonchev–Trinajstić information content (AvgIpc) is 2.37. The molecule has 0 radical (unpaired) electrons. The Kier molecular flexibility index (Phi) is 6.19. The van der Waals surface area contributed by atoms with Crippen molar-refractivity contribution >= 4 is 21.8 Å². The number of nitrogens with one attached hydrogen (secondary N) is 1. The van der Waals surface area contributed by atoms with Crippen LogP contribution in [0.3, 0.4) is 0 Å². The topological polar surface area (TPSA) is 82.4 Å². The fourth-order valence-electron chi connectivity index (χ4n) is 1.21. The Labute approximate surface area is 114 Å². The van der Waals surface area contributed by atoms with Crippen molar-refractivity contribution in [3.63, 3.8) is 0 Å². The van der Waals surface area contributed by atoms with Crippen LogP contribution in [0.4, 0.5) is 0 Å². The summed E-state index contributed by atoms with van der Waals surface area (Å²) in [5, 5.41) is 19.8. The van der Waals surface area contributed by atoms with Gasteiger partial charge in [-0.1, -0.05) is 6.07 Å². The highest BCUT2D eigenvalue weighted by Crippen LogP contribution is 2.25. The van der Waals surface area contributed by atoms with Crippen LogP contribution in [0, 0.1) is 11.3 Å². The molecule has 0 aliphatic rings. The van der Waals surface area contributed by atoms with Gasteiger partial charge in [0, 0.05) is 6.54 Å². The minimum absolute atomic E-state index is 0.0481. The lowest BCUT2D eigenvalue weighted by atomic mass is 10.2. The lowest BCUT2D eigenvalue weighted by Gasteiger charge is -2.09. The summed E-state index contributed by atoms with van der Waals surface area (Å²) < 4.78 is 5.98. The Morgan fingerprint density at radius 3 is 2.94 bits per heavy atom. The number of amides is 1. The van der Waals surface area contributed by atoms with Gasteiger partial charge in [0.25, 0.3) is 5.91 Å². The summed E-state index contributed by atoms with van der Waals surface area (Å²) in [6.45, 7) is 0.166. The number of halogens is 1. The van der Waals surface area contributed by atoms with Crippen LogP contribution >= 0.6 is 15.9 Å². The number of rotatable bonds is 6. The predicted molar refractivity (Wildman–Crippen MR) is 68.8 cm³/mol. The van der Waals surface area contributed by atoms with E-state index in [-0.39, 0.29) is 25.5 Å². The second-order valence-electron chi connectivity index (χ2n) is 3.47. The fourth-order valence-corrected chi connectivity index (χ4v) is 1.75. The minimum atomic E-state index is -0.275. The first kappa shape index (κ1) is 14.5. The normalized spacial score (nSPS) is 9.61. The van der Waals surface area contributed by atoms with Crippen LogP contribution in [0.5, 0.6) is 5.75 Å². The zero-order chi connectivity index (χ0) is 13.4. The summed E-state index contributed by atoms with van der Waals surface area (Å²) in [7, 11) is 0. The standard InChI is InChI=1S/C12H13BrN2O3/c13-10-6-9(7-16)2-3-11(10)18-8-12(17)15-5-1-4-14/h2-3,6,16H,1,5,7-8H2,(H,15,17). The molecule has 2 N–H and O–H groups in total. The molecule has 0 fully saturated rings. The molecule has 1 amide bonds. The van der Waals surface area contributed by atoms with Crippen molar-refractivity contribution in [1.82, 2.24) is 5.32 Å². The molecule has 0 unspecified atom stereocenters. The maximum Gasteiger partial charge on any atom is 0.257 e. The van der Waals surface area contributed by atoms with Crippen molar-refractivity contribution < 1.29 is 14.6 Å². The predicted octanol–water partition coefficient (Wildman–Crippen LogP) is 1.35. The van der Waals surface area contributed by atoms with E-state index in [4.69, 9.17) is 15.1 Å². The molecule has 18 heavy (non-hydrogen) atoms. The molecule has 0 atom stereocenters. The maximum atomic E-state index is 11.3. The lowest BCUT2D eigenvalue weighted by molar-refractivity contribution is -0.123. The Bertz CT molecular complexity index is 457. The first-order valence-corrected chi connectivity index (χ1v) is 6.12. The van der Waals surface area contributed by atoms with Gasteiger partial charge in [0.05, 0.1) is 23.6 Å². The van der Waals surface area contributed by atoms with Crippen LogP contribution < -0.4 is 10.1 Å². The van der Waals surface area contributed by atoms with E-state index in [1.807, 2.05) is 6.07 Å². The molecule has 0 bridgehead atoms. The van der Waals surface area contributed by atoms with E-state index < -0.39 is 0 Å². The van der Waals surface area contributed by atoms with Crippen molar-refractivity contribution in [1.29, 1.82) is 5.26 Å². The summed E-state index contributed by atoms with van der Waals surface area (Å²) in [5.41, 5.74) is 0.757. The third-order valence-corrected chi connectivity index (χ3v) is 2.72. The van der Waals surface area contributed by atoms with Crippen molar-refractivity contribution in [3.05, 3.63) is 28.2 Å². The largest absolute Gasteiger partial charge is 0.483 e. The quantitative estimate of drug-likeness (QED) is 0.777. The third kappa shape index (κ3) is 4.73. The number of carbonyl (C=O) groups excluding carboxylic acids is 1. The van der Waals surface area contributed by atoms with Crippen LogP contribution in [-0.4, -0.2) is 24.2 Å². The molecule has 5 nitrogen and oxygen atoms in total. The zero-order valence-electron chi connectivity index (χ0n) is 9.65. The van der Waals surface area contributed by atoms with Gasteiger partial charge < -0.3 is 15.2 Å². The summed E-state index contributed by atoms with van der Waals surface area (Å²) >= 11 is 3.29. The molecular formula is C12H13BrN2O3. The van der Waals surface area contributed by atoms with Gasteiger partial charge in [-0.15, -0.1) is 0 Å². The number of benzene rings is 1. The van der Waals surface area contributed by atoms with E-state index in [9.17, 15) is 4.79 Å². The van der Waals surface area contributed by atoms with Crippen molar-refractivity contribution in [2.75, 3.05) is 13.2 Å². The number of hydrogen-bond donors (Lipinski definition) is 2. The van der Waals surface area contributed by atoms with Gasteiger partial charge in [-0.3, -0.25) is 4.79 Å². The SMILES string of the molecule is N#CCCNC(=O)COc1ccc(CO)cc1Br. The van der Waals surface area contributed by atoms with Crippen molar-refractivity contribution in [2.45, 2.75) is 13.0 Å². The van der Waals surface area contributed by atoms with E-state index in [1.54, 1.807) is 18.2 Å². The van der Waals surface area contributed by atoms with Crippen LogP contribution in [0.2, 0.25) is 0 Å². The highest BCUT2D eigenvalue weighted by atomic mass is 79.9. The summed E-state index contributed by atoms with van der Waals surface area (Å²) in [5.74, 6) is 0.256. The molecule has 0 spiro atoms.